The third-order valence-electron chi connectivity index (χ3n) is 1.98. The highest BCUT2D eigenvalue weighted by Crippen LogP contribution is 2.10. The van der Waals surface area contributed by atoms with Gasteiger partial charge in [-0.25, -0.2) is 0 Å². The fourth-order valence-electron chi connectivity index (χ4n) is 1.33. The van der Waals surface area contributed by atoms with E-state index in [2.05, 4.69) is 5.32 Å². The number of aliphatic hydroxyl groups is 1. The zero-order chi connectivity index (χ0) is 7.56. The van der Waals surface area contributed by atoms with E-state index >= 15 is 0 Å². The molecule has 0 aromatic carbocycles. The topological polar surface area (TPSA) is 84.3 Å². The smallest absolute Gasteiger partial charge is 0.0720 e. The van der Waals surface area contributed by atoms with Crippen LogP contribution < -0.4 is 16.8 Å². The first-order chi connectivity index (χ1) is 4.77. The van der Waals surface area contributed by atoms with Gasteiger partial charge in [-0.3, -0.25) is 0 Å². The van der Waals surface area contributed by atoms with E-state index in [9.17, 15) is 5.11 Å². The van der Waals surface area contributed by atoms with Crippen molar-refractivity contribution < 1.29 is 5.11 Å². The highest BCUT2D eigenvalue weighted by molar-refractivity contribution is 4.91. The molecule has 0 radical (unpaired) electrons. The third kappa shape index (κ3) is 1.46. The van der Waals surface area contributed by atoms with Crippen LogP contribution in [0.5, 0.6) is 0 Å². The molecule has 6 N–H and O–H groups in total. The minimum absolute atomic E-state index is 0.0496. The van der Waals surface area contributed by atoms with Crippen LogP contribution in [0.4, 0.5) is 0 Å². The molecule has 1 aliphatic rings. The summed E-state index contributed by atoms with van der Waals surface area (Å²) in [6.07, 6.45) is 0.428. The molecule has 0 saturated carbocycles. The van der Waals surface area contributed by atoms with E-state index in [4.69, 9.17) is 11.5 Å². The van der Waals surface area contributed by atoms with Crippen LogP contribution in [0.3, 0.4) is 0 Å². The van der Waals surface area contributed by atoms with Crippen LogP contribution in [0.25, 0.3) is 0 Å². The van der Waals surface area contributed by atoms with Crippen LogP contribution in [-0.4, -0.2) is 36.4 Å². The Kier molecular flexibility index (Phi) is 2.62. The summed E-state index contributed by atoms with van der Waals surface area (Å²) in [4.78, 5) is 0. The van der Waals surface area contributed by atoms with Crippen molar-refractivity contribution in [1.29, 1.82) is 0 Å². The van der Waals surface area contributed by atoms with Crippen LogP contribution in [0.2, 0.25) is 0 Å². The van der Waals surface area contributed by atoms with Crippen molar-refractivity contribution in [3.05, 3.63) is 0 Å². The van der Waals surface area contributed by atoms with E-state index in [0.717, 1.165) is 6.42 Å². The molecule has 0 aromatic rings. The first-order valence-corrected chi connectivity index (χ1v) is 3.62. The zero-order valence-electron chi connectivity index (χ0n) is 5.96. The van der Waals surface area contributed by atoms with Crippen molar-refractivity contribution >= 4 is 0 Å². The summed E-state index contributed by atoms with van der Waals surface area (Å²) < 4.78 is 0. The second kappa shape index (κ2) is 3.30. The van der Waals surface area contributed by atoms with Crippen LogP contribution in [0, 0.1) is 0 Å². The molecule has 1 rings (SSSR count). The Balaban J connectivity index is 2.36. The lowest BCUT2D eigenvalue weighted by atomic mass is 10.1. The lowest BCUT2D eigenvalue weighted by Crippen LogP contribution is -2.41. The van der Waals surface area contributed by atoms with E-state index < -0.39 is 0 Å². The second-order valence-electron chi connectivity index (χ2n) is 2.74. The predicted molar refractivity (Wildman–Crippen MR) is 39.4 cm³/mol. The highest BCUT2D eigenvalue weighted by atomic mass is 16.3. The van der Waals surface area contributed by atoms with Gasteiger partial charge in [0.05, 0.1) is 6.10 Å². The molecule has 60 valence electrons. The van der Waals surface area contributed by atoms with Crippen molar-refractivity contribution in [2.24, 2.45) is 11.5 Å². The summed E-state index contributed by atoms with van der Waals surface area (Å²) in [6, 6.07) is 0.303. The van der Waals surface area contributed by atoms with Gasteiger partial charge in [-0.2, -0.15) is 0 Å². The summed E-state index contributed by atoms with van der Waals surface area (Å²) >= 11 is 0. The SMILES string of the molecule is NCC1CC(O)C(CN)N1. The van der Waals surface area contributed by atoms with Crippen molar-refractivity contribution in [2.45, 2.75) is 24.6 Å². The number of nitrogens with one attached hydrogen (secondary N) is 1. The lowest BCUT2D eigenvalue weighted by Gasteiger charge is -2.11. The number of hydrogen-bond donors (Lipinski definition) is 4. The average molecular weight is 145 g/mol. The van der Waals surface area contributed by atoms with Gasteiger partial charge >= 0.3 is 0 Å². The van der Waals surface area contributed by atoms with Crippen molar-refractivity contribution in [1.82, 2.24) is 5.32 Å². The molecule has 10 heavy (non-hydrogen) atoms. The maximum atomic E-state index is 9.29. The van der Waals surface area contributed by atoms with Gasteiger partial charge in [-0.05, 0) is 6.42 Å². The van der Waals surface area contributed by atoms with E-state index in [0.29, 0.717) is 13.1 Å². The summed E-state index contributed by atoms with van der Waals surface area (Å²) in [6.45, 7) is 1.06. The molecule has 0 amide bonds. The van der Waals surface area contributed by atoms with E-state index in [-0.39, 0.29) is 18.2 Å². The van der Waals surface area contributed by atoms with Gasteiger partial charge < -0.3 is 21.9 Å². The molecule has 3 unspecified atom stereocenters. The van der Waals surface area contributed by atoms with Gasteiger partial charge in [0.25, 0.3) is 0 Å². The molecule has 3 atom stereocenters. The maximum Gasteiger partial charge on any atom is 0.0720 e. The first kappa shape index (κ1) is 7.94. The Bertz CT molecular complexity index is 109. The third-order valence-corrected chi connectivity index (χ3v) is 1.98. The molecular formula is C6H15N3O. The molecule has 0 spiro atoms. The average Bonchev–Trinajstić information content (AvgIpc) is 2.30. The van der Waals surface area contributed by atoms with Crippen molar-refractivity contribution in [3.8, 4) is 0 Å². The van der Waals surface area contributed by atoms with Crippen molar-refractivity contribution in [3.63, 3.8) is 0 Å². The number of rotatable bonds is 2. The summed E-state index contributed by atoms with van der Waals surface area (Å²) in [5, 5.41) is 12.4. The number of nitrogens with two attached hydrogens (primary N) is 2. The second-order valence-corrected chi connectivity index (χ2v) is 2.74. The molecule has 1 aliphatic heterocycles. The summed E-state index contributed by atoms with van der Waals surface area (Å²) in [5.41, 5.74) is 10.8. The molecule has 4 heteroatoms. The van der Waals surface area contributed by atoms with Gasteiger partial charge in [-0.15, -0.1) is 0 Å². The minimum Gasteiger partial charge on any atom is -0.391 e. The monoisotopic (exact) mass is 145 g/mol. The molecule has 0 aromatic heterocycles. The van der Waals surface area contributed by atoms with Gasteiger partial charge in [0.15, 0.2) is 0 Å². The first-order valence-electron chi connectivity index (χ1n) is 3.62. The molecule has 0 bridgehead atoms. The number of aliphatic hydroxyl groups excluding tert-OH is 1. The molecular weight excluding hydrogens is 130 g/mol. The standard InChI is InChI=1S/C6H15N3O/c7-2-4-1-6(10)5(3-8)9-4/h4-6,9-10H,1-3,7-8H2. The number of hydrogen-bond acceptors (Lipinski definition) is 4. The molecule has 4 nitrogen and oxygen atoms in total. The quantitative estimate of drug-likeness (QED) is 0.362. The normalized spacial score (nSPS) is 40.5. The maximum absolute atomic E-state index is 9.29. The van der Waals surface area contributed by atoms with Crippen LogP contribution >= 0.6 is 0 Å². The summed E-state index contributed by atoms with van der Waals surface area (Å²) in [7, 11) is 0. The fourth-order valence-corrected chi connectivity index (χ4v) is 1.33. The lowest BCUT2D eigenvalue weighted by molar-refractivity contribution is 0.161. The van der Waals surface area contributed by atoms with Gasteiger partial charge in [0, 0.05) is 25.2 Å². The van der Waals surface area contributed by atoms with Crippen LogP contribution in [-0.2, 0) is 0 Å². The largest absolute Gasteiger partial charge is 0.391 e. The predicted octanol–water partition coefficient (Wildman–Crippen LogP) is -2.00. The molecule has 0 aliphatic carbocycles. The molecule has 1 fully saturated rings. The van der Waals surface area contributed by atoms with Gasteiger partial charge in [0.2, 0.25) is 0 Å². The summed E-state index contributed by atoms with van der Waals surface area (Å²) in [5.74, 6) is 0. The van der Waals surface area contributed by atoms with E-state index in [1.165, 1.54) is 0 Å². The van der Waals surface area contributed by atoms with Gasteiger partial charge in [-0.1, -0.05) is 0 Å². The Hall–Kier alpha value is -0.160. The van der Waals surface area contributed by atoms with Crippen LogP contribution in [0.15, 0.2) is 0 Å². The Morgan fingerprint density at radius 1 is 1.40 bits per heavy atom. The van der Waals surface area contributed by atoms with Crippen LogP contribution in [0.1, 0.15) is 6.42 Å². The Morgan fingerprint density at radius 3 is 2.40 bits per heavy atom. The molecule has 1 heterocycles. The Labute approximate surface area is 60.6 Å². The highest BCUT2D eigenvalue weighted by Gasteiger charge is 2.29. The Morgan fingerprint density at radius 2 is 2.10 bits per heavy atom. The van der Waals surface area contributed by atoms with Gasteiger partial charge in [0.1, 0.15) is 0 Å². The van der Waals surface area contributed by atoms with Crippen molar-refractivity contribution in [2.75, 3.05) is 13.1 Å². The minimum atomic E-state index is -0.307. The van der Waals surface area contributed by atoms with E-state index in [1.54, 1.807) is 0 Å². The fraction of sp³-hybridized carbons (Fsp3) is 1.00. The molecule has 1 saturated heterocycles. The van der Waals surface area contributed by atoms with E-state index in [1.807, 2.05) is 0 Å². The zero-order valence-corrected chi connectivity index (χ0v) is 5.96.